The van der Waals surface area contributed by atoms with Crippen LogP contribution in [0.3, 0.4) is 0 Å². The Hall–Kier alpha value is -2.32. The van der Waals surface area contributed by atoms with E-state index in [2.05, 4.69) is 20.1 Å². The second kappa shape index (κ2) is 7.51. The quantitative estimate of drug-likeness (QED) is 0.680. The molecule has 0 saturated carbocycles. The lowest BCUT2D eigenvalue weighted by Crippen LogP contribution is -2.40. The van der Waals surface area contributed by atoms with Gasteiger partial charge in [0.1, 0.15) is 5.69 Å². The number of hydrogen-bond acceptors (Lipinski definition) is 7. The average Bonchev–Trinajstić information content (AvgIpc) is 3.31. The summed E-state index contributed by atoms with van der Waals surface area (Å²) in [6.45, 7) is 1.44. The van der Waals surface area contributed by atoms with Gasteiger partial charge in [-0.3, -0.25) is 9.78 Å². The molecule has 3 aromatic rings. The molecule has 0 radical (unpaired) electrons. The molecule has 134 valence electrons. The van der Waals surface area contributed by atoms with Crippen LogP contribution < -0.4 is 0 Å². The summed E-state index contributed by atoms with van der Waals surface area (Å²) in [5.41, 5.74) is 0.581. The Morgan fingerprint density at radius 1 is 1.38 bits per heavy atom. The van der Waals surface area contributed by atoms with Crippen LogP contribution in [0, 0.1) is 5.92 Å². The zero-order chi connectivity index (χ0) is 17.9. The van der Waals surface area contributed by atoms with Gasteiger partial charge in [-0.05, 0) is 30.9 Å². The number of hydrogen-bond donors (Lipinski definition) is 0. The van der Waals surface area contributed by atoms with Crippen LogP contribution in [0.1, 0.15) is 28.4 Å². The third-order valence-corrected chi connectivity index (χ3v) is 5.53. The molecule has 1 aliphatic rings. The number of nitrogens with zero attached hydrogens (tertiary/aromatic N) is 5. The zero-order valence-corrected chi connectivity index (χ0v) is 15.4. The van der Waals surface area contributed by atoms with E-state index in [1.54, 1.807) is 30.7 Å². The molecule has 0 aromatic carbocycles. The third-order valence-electron chi connectivity index (χ3n) is 4.31. The summed E-state index contributed by atoms with van der Waals surface area (Å²) >= 11 is 7.26. The first-order valence-corrected chi connectivity index (χ1v) is 9.52. The Morgan fingerprint density at radius 2 is 2.31 bits per heavy atom. The SMILES string of the molecule is O=C(c1ccc(Cl)s1)N1CCC[C@H](Cc2nc(-c3cnccn3)no2)C1. The maximum absolute atomic E-state index is 12.6. The minimum absolute atomic E-state index is 0.0392. The van der Waals surface area contributed by atoms with E-state index in [-0.39, 0.29) is 5.91 Å². The molecule has 1 fully saturated rings. The van der Waals surface area contributed by atoms with Crippen molar-refractivity contribution in [2.24, 2.45) is 5.92 Å². The number of piperidine rings is 1. The number of rotatable bonds is 4. The zero-order valence-electron chi connectivity index (χ0n) is 13.8. The lowest BCUT2D eigenvalue weighted by atomic mass is 9.94. The molecular weight excluding hydrogens is 374 g/mol. The molecule has 26 heavy (non-hydrogen) atoms. The Labute approximate surface area is 159 Å². The second-order valence-electron chi connectivity index (χ2n) is 6.17. The van der Waals surface area contributed by atoms with Gasteiger partial charge in [-0.1, -0.05) is 16.8 Å². The van der Waals surface area contributed by atoms with Gasteiger partial charge >= 0.3 is 0 Å². The number of likely N-dealkylation sites (tertiary alicyclic amines) is 1. The van der Waals surface area contributed by atoms with E-state index >= 15 is 0 Å². The number of carbonyl (C=O) groups is 1. The van der Waals surface area contributed by atoms with E-state index < -0.39 is 0 Å². The molecule has 1 amide bonds. The highest BCUT2D eigenvalue weighted by Crippen LogP contribution is 2.26. The molecule has 4 rings (SSSR count). The standard InChI is InChI=1S/C17H16ClN5O2S/c18-14-4-3-13(26-14)17(24)23-7-1-2-11(10-23)8-15-21-16(22-25-15)12-9-19-5-6-20-12/h3-6,9,11H,1-2,7-8,10H2/t11-/m1/s1. The number of thiophene rings is 1. The lowest BCUT2D eigenvalue weighted by molar-refractivity contribution is 0.0673. The van der Waals surface area contributed by atoms with Crippen LogP contribution >= 0.6 is 22.9 Å². The fraction of sp³-hybridized carbons (Fsp3) is 0.353. The summed E-state index contributed by atoms with van der Waals surface area (Å²) in [6, 6.07) is 3.54. The van der Waals surface area contributed by atoms with Crippen LogP contribution in [-0.4, -0.2) is 44.0 Å². The molecule has 1 saturated heterocycles. The van der Waals surface area contributed by atoms with Crippen molar-refractivity contribution in [2.75, 3.05) is 13.1 Å². The first kappa shape index (κ1) is 17.1. The van der Waals surface area contributed by atoms with Gasteiger partial charge in [0.25, 0.3) is 5.91 Å². The van der Waals surface area contributed by atoms with Gasteiger partial charge in [0.15, 0.2) is 0 Å². The van der Waals surface area contributed by atoms with E-state index in [0.717, 1.165) is 19.4 Å². The van der Waals surface area contributed by atoms with Crippen LogP contribution in [0.15, 0.2) is 35.2 Å². The summed E-state index contributed by atoms with van der Waals surface area (Å²) in [5, 5.41) is 3.97. The molecule has 0 N–H and O–H groups in total. The molecule has 0 spiro atoms. The van der Waals surface area contributed by atoms with E-state index in [0.29, 0.717) is 45.5 Å². The maximum atomic E-state index is 12.6. The highest BCUT2D eigenvalue weighted by Gasteiger charge is 2.27. The summed E-state index contributed by atoms with van der Waals surface area (Å²) in [5.74, 6) is 1.32. The molecule has 3 aromatic heterocycles. The largest absolute Gasteiger partial charge is 0.339 e. The Bertz CT molecular complexity index is 897. The molecule has 0 aliphatic carbocycles. The monoisotopic (exact) mass is 389 g/mol. The number of aromatic nitrogens is 4. The molecule has 1 atom stereocenters. The van der Waals surface area contributed by atoms with Crippen molar-refractivity contribution in [1.29, 1.82) is 0 Å². The van der Waals surface area contributed by atoms with E-state index in [9.17, 15) is 4.79 Å². The first-order valence-electron chi connectivity index (χ1n) is 8.32. The van der Waals surface area contributed by atoms with Gasteiger partial charge < -0.3 is 9.42 Å². The van der Waals surface area contributed by atoms with Crippen molar-refractivity contribution in [1.82, 2.24) is 25.0 Å². The van der Waals surface area contributed by atoms with Crippen LogP contribution in [0.2, 0.25) is 4.34 Å². The van der Waals surface area contributed by atoms with Gasteiger partial charge in [-0.2, -0.15) is 4.98 Å². The van der Waals surface area contributed by atoms with Crippen molar-refractivity contribution >= 4 is 28.8 Å². The van der Waals surface area contributed by atoms with Crippen LogP contribution in [0.5, 0.6) is 0 Å². The van der Waals surface area contributed by atoms with Gasteiger partial charge in [0, 0.05) is 31.9 Å². The van der Waals surface area contributed by atoms with Crippen molar-refractivity contribution in [3.05, 3.63) is 45.8 Å². The molecule has 0 unspecified atom stereocenters. The number of halogens is 1. The topological polar surface area (TPSA) is 85.0 Å². The van der Waals surface area contributed by atoms with Crippen molar-refractivity contribution < 1.29 is 9.32 Å². The van der Waals surface area contributed by atoms with Crippen molar-refractivity contribution in [2.45, 2.75) is 19.3 Å². The summed E-state index contributed by atoms with van der Waals surface area (Å²) in [6.07, 6.45) is 7.41. The van der Waals surface area contributed by atoms with Crippen LogP contribution in [0.4, 0.5) is 0 Å². The Kier molecular flexibility index (Phi) is 4.94. The Morgan fingerprint density at radius 3 is 3.08 bits per heavy atom. The Balaban J connectivity index is 1.41. The lowest BCUT2D eigenvalue weighted by Gasteiger charge is -2.31. The minimum Gasteiger partial charge on any atom is -0.339 e. The van der Waals surface area contributed by atoms with Gasteiger partial charge in [-0.25, -0.2) is 4.98 Å². The predicted molar refractivity (Wildman–Crippen MR) is 97.0 cm³/mol. The molecule has 0 bridgehead atoms. The van der Waals surface area contributed by atoms with Gasteiger partial charge in [0.05, 0.1) is 15.4 Å². The van der Waals surface area contributed by atoms with Crippen molar-refractivity contribution in [3.63, 3.8) is 0 Å². The molecule has 7 nitrogen and oxygen atoms in total. The first-order chi connectivity index (χ1) is 12.7. The average molecular weight is 390 g/mol. The fourth-order valence-corrected chi connectivity index (χ4v) is 4.12. The fourth-order valence-electron chi connectivity index (χ4n) is 3.10. The summed E-state index contributed by atoms with van der Waals surface area (Å²) < 4.78 is 5.99. The number of amides is 1. The van der Waals surface area contributed by atoms with E-state index in [1.807, 2.05) is 4.90 Å². The van der Waals surface area contributed by atoms with Crippen LogP contribution in [0.25, 0.3) is 11.5 Å². The maximum Gasteiger partial charge on any atom is 0.263 e. The summed E-state index contributed by atoms with van der Waals surface area (Å²) in [7, 11) is 0. The summed E-state index contributed by atoms with van der Waals surface area (Å²) in [4.78, 5) is 27.8. The number of carbonyl (C=O) groups excluding carboxylic acids is 1. The highest BCUT2D eigenvalue weighted by molar-refractivity contribution is 7.17. The normalized spacial score (nSPS) is 17.4. The van der Waals surface area contributed by atoms with Gasteiger partial charge in [0.2, 0.25) is 11.7 Å². The molecule has 1 aliphatic heterocycles. The predicted octanol–water partition coefficient (Wildman–Crippen LogP) is 3.34. The van der Waals surface area contributed by atoms with Crippen LogP contribution in [-0.2, 0) is 6.42 Å². The highest BCUT2D eigenvalue weighted by atomic mass is 35.5. The minimum atomic E-state index is 0.0392. The second-order valence-corrected chi connectivity index (χ2v) is 7.88. The smallest absolute Gasteiger partial charge is 0.263 e. The van der Waals surface area contributed by atoms with E-state index in [4.69, 9.17) is 16.1 Å². The molecular formula is C17H16ClN5O2S. The third kappa shape index (κ3) is 3.76. The molecule has 4 heterocycles. The van der Waals surface area contributed by atoms with E-state index in [1.165, 1.54) is 11.3 Å². The van der Waals surface area contributed by atoms with Crippen molar-refractivity contribution in [3.8, 4) is 11.5 Å². The van der Waals surface area contributed by atoms with Gasteiger partial charge in [-0.15, -0.1) is 11.3 Å². The molecule has 9 heteroatoms.